The number of para-hydroxylation sites is 1. The van der Waals surface area contributed by atoms with Crippen LogP contribution in [0.4, 0.5) is 4.79 Å². The van der Waals surface area contributed by atoms with Gasteiger partial charge in [0, 0.05) is 69.0 Å². The molecule has 0 bridgehead atoms. The Morgan fingerprint density at radius 1 is 0.900 bits per heavy atom. The molecule has 264 valence electrons. The zero-order chi connectivity index (χ0) is 35.5. The van der Waals surface area contributed by atoms with Gasteiger partial charge >= 0.3 is 35.6 Å². The molecular weight excluding hydrogens is 649 g/mol. The van der Waals surface area contributed by atoms with Crippen LogP contribution in [0.5, 0.6) is 0 Å². The van der Waals surface area contributed by atoms with Gasteiger partial charge in [-0.25, -0.2) is 4.79 Å². The summed E-state index contributed by atoms with van der Waals surface area (Å²) in [6, 6.07) is 9.31. The number of carboxylic acids is 1. The number of aromatic amines is 1. The van der Waals surface area contributed by atoms with E-state index in [1.54, 1.807) is 35.5 Å². The summed E-state index contributed by atoms with van der Waals surface area (Å²) in [5.74, 6) is -3.07. The molecule has 1 aliphatic rings. The van der Waals surface area contributed by atoms with E-state index in [4.69, 9.17) is 0 Å². The van der Waals surface area contributed by atoms with Crippen molar-refractivity contribution in [3.63, 3.8) is 0 Å². The summed E-state index contributed by atoms with van der Waals surface area (Å²) >= 11 is 0. The molecule has 13 nitrogen and oxygen atoms in total. The number of likely N-dealkylation sites (N-methyl/N-ethyl adjacent to an activating group) is 2. The van der Waals surface area contributed by atoms with E-state index < -0.39 is 48.4 Å². The summed E-state index contributed by atoms with van der Waals surface area (Å²) in [4.78, 5) is 78.4. The number of nitrogens with zero attached hydrogens (tertiary/aromatic N) is 4. The van der Waals surface area contributed by atoms with Crippen LogP contribution in [-0.2, 0) is 32.0 Å². The van der Waals surface area contributed by atoms with Crippen LogP contribution in [0.25, 0.3) is 10.9 Å². The monoisotopic (exact) mass is 697 g/mol. The van der Waals surface area contributed by atoms with E-state index in [1.807, 2.05) is 38.1 Å². The number of carbonyl (C=O) groups is 5. The maximum Gasteiger partial charge on any atom is 1.00 e. The summed E-state index contributed by atoms with van der Waals surface area (Å²) in [6.07, 6.45) is 7.72. The number of amides is 5. The number of aliphatic carboxylic acids is 1. The molecule has 3 N–H and O–H groups in total. The molecule has 14 heteroatoms. The van der Waals surface area contributed by atoms with E-state index in [9.17, 15) is 29.1 Å². The van der Waals surface area contributed by atoms with Gasteiger partial charge in [-0.3, -0.25) is 19.4 Å². The predicted molar refractivity (Wildman–Crippen MR) is 183 cm³/mol. The maximum atomic E-state index is 14.3. The molecule has 0 saturated carbocycles. The van der Waals surface area contributed by atoms with E-state index in [0.717, 1.165) is 47.0 Å². The summed E-state index contributed by atoms with van der Waals surface area (Å²) in [5.41, 5.74) is 2.15. The Kier molecular flexibility index (Phi) is 15.8. The quantitative estimate of drug-likeness (QED) is 0.179. The first-order chi connectivity index (χ1) is 23.4. The van der Waals surface area contributed by atoms with Crippen LogP contribution in [0.2, 0.25) is 0 Å². The van der Waals surface area contributed by atoms with Gasteiger partial charge in [-0.2, -0.15) is 0 Å². The van der Waals surface area contributed by atoms with Crippen LogP contribution in [-0.4, -0.2) is 106 Å². The SMILES string of the molecule is CC(C)C[C@@H](NC(=O)N1CCCCCC1)C(=O)N(C)[C@@H](Cc1c[nH]c2ccccc12)C(=O)N[C@H](Cc1ccccn1)C(=O)N(C)CC(=O)[O-].[Na+]. The standard InChI is InChI=1S/C36H49N7O6.Na/c1-24(2)19-29(40-36(49)43-17-11-5-6-12-18-43)35(48)42(4)31(20-25-22-38-28-15-8-7-14-27(25)28)33(46)39-30(21-26-13-9-10-16-37-26)34(47)41(3)23-32(44)45;/h7-10,13-16,22,24,29-31,38H,5-6,11-12,17-21,23H2,1-4H3,(H,39,46)(H,40,49)(H,44,45);/q;+1/p-1/t29-,30-,31+;/m1./s1. The molecule has 1 aliphatic heterocycles. The number of likely N-dealkylation sites (tertiary alicyclic amines) is 1. The Balaban J connectivity index is 0.00000676. The molecule has 2 aromatic heterocycles. The van der Waals surface area contributed by atoms with Crippen molar-refractivity contribution in [3.8, 4) is 0 Å². The molecule has 3 heterocycles. The van der Waals surface area contributed by atoms with Crippen LogP contribution < -0.4 is 45.3 Å². The van der Waals surface area contributed by atoms with E-state index in [2.05, 4.69) is 20.6 Å². The molecule has 50 heavy (non-hydrogen) atoms. The molecule has 3 atom stereocenters. The van der Waals surface area contributed by atoms with E-state index >= 15 is 0 Å². The number of hydrogen-bond acceptors (Lipinski definition) is 7. The number of H-pyrrole nitrogens is 1. The van der Waals surface area contributed by atoms with Crippen molar-refractivity contribution in [2.75, 3.05) is 33.7 Å². The van der Waals surface area contributed by atoms with Gasteiger partial charge in [0.2, 0.25) is 17.7 Å². The van der Waals surface area contributed by atoms with Gasteiger partial charge in [-0.05, 0) is 48.9 Å². The third-order valence-corrected chi connectivity index (χ3v) is 8.90. The normalized spacial score (nSPS) is 14.9. The molecule has 0 spiro atoms. The van der Waals surface area contributed by atoms with Crippen LogP contribution in [0.1, 0.15) is 57.2 Å². The smallest absolute Gasteiger partial charge is 0.548 e. The molecule has 0 aliphatic carbocycles. The van der Waals surface area contributed by atoms with Gasteiger partial charge in [0.25, 0.3) is 0 Å². The second kappa shape index (κ2) is 19.5. The van der Waals surface area contributed by atoms with Crippen molar-refractivity contribution in [2.45, 2.75) is 76.9 Å². The first-order valence-electron chi connectivity index (χ1n) is 17.0. The fourth-order valence-corrected chi connectivity index (χ4v) is 6.25. The van der Waals surface area contributed by atoms with E-state index in [1.165, 1.54) is 19.0 Å². The van der Waals surface area contributed by atoms with Crippen LogP contribution >= 0.6 is 0 Å². The van der Waals surface area contributed by atoms with Gasteiger partial charge in [-0.15, -0.1) is 0 Å². The molecule has 1 saturated heterocycles. The first-order valence-corrected chi connectivity index (χ1v) is 17.0. The van der Waals surface area contributed by atoms with Crippen LogP contribution in [0, 0.1) is 5.92 Å². The number of rotatable bonds is 14. The van der Waals surface area contributed by atoms with E-state index in [-0.39, 0.29) is 54.3 Å². The molecule has 0 radical (unpaired) electrons. The fraction of sp³-hybridized carbons (Fsp3) is 0.500. The average Bonchev–Trinajstić information content (AvgIpc) is 3.27. The van der Waals surface area contributed by atoms with Gasteiger partial charge in [0.1, 0.15) is 18.1 Å². The zero-order valence-electron chi connectivity index (χ0n) is 29.8. The van der Waals surface area contributed by atoms with Crippen LogP contribution in [0.15, 0.2) is 54.9 Å². The number of benzene rings is 1. The number of carboxylic acid groups (broad SMARTS) is 1. The van der Waals surface area contributed by atoms with Crippen molar-refractivity contribution >= 4 is 40.6 Å². The molecule has 0 unspecified atom stereocenters. The Labute approximate surface area is 315 Å². The number of aromatic nitrogens is 2. The minimum absolute atomic E-state index is 0. The molecule has 1 aromatic carbocycles. The Morgan fingerprint density at radius 2 is 1.58 bits per heavy atom. The average molecular weight is 698 g/mol. The predicted octanol–water partition coefficient (Wildman–Crippen LogP) is -1.13. The molecule has 4 rings (SSSR count). The second-order valence-corrected chi connectivity index (χ2v) is 13.2. The van der Waals surface area contributed by atoms with Gasteiger partial charge in [0.15, 0.2) is 0 Å². The number of nitrogens with one attached hydrogen (secondary N) is 3. The topological polar surface area (TPSA) is 171 Å². The Bertz CT molecular complexity index is 1590. The van der Waals surface area contributed by atoms with Crippen LogP contribution in [0.3, 0.4) is 0 Å². The minimum atomic E-state index is -1.44. The summed E-state index contributed by atoms with van der Waals surface area (Å²) in [7, 11) is 2.85. The number of pyridine rings is 1. The van der Waals surface area contributed by atoms with Crippen molar-refractivity contribution in [1.82, 2.24) is 35.3 Å². The number of urea groups is 1. The fourth-order valence-electron chi connectivity index (χ4n) is 6.25. The van der Waals surface area contributed by atoms with Gasteiger partial charge in [-0.1, -0.05) is 51.0 Å². The van der Waals surface area contributed by atoms with Crippen molar-refractivity contribution in [2.24, 2.45) is 5.92 Å². The number of hydrogen-bond donors (Lipinski definition) is 3. The molecule has 1 fully saturated rings. The number of carbonyl (C=O) groups excluding carboxylic acids is 5. The summed E-state index contributed by atoms with van der Waals surface area (Å²) in [5, 5.41) is 18.0. The van der Waals surface area contributed by atoms with Gasteiger partial charge < -0.3 is 40.2 Å². The minimum Gasteiger partial charge on any atom is -0.548 e. The maximum absolute atomic E-state index is 14.3. The van der Waals surface area contributed by atoms with Crippen molar-refractivity contribution < 1.29 is 58.6 Å². The summed E-state index contributed by atoms with van der Waals surface area (Å²) < 4.78 is 0. The molecule has 3 aromatic rings. The third-order valence-electron chi connectivity index (χ3n) is 8.90. The van der Waals surface area contributed by atoms with Crippen molar-refractivity contribution in [3.05, 3.63) is 66.1 Å². The second-order valence-electron chi connectivity index (χ2n) is 13.2. The molecule has 5 amide bonds. The summed E-state index contributed by atoms with van der Waals surface area (Å²) in [6.45, 7) is 4.50. The number of fused-ring (bicyclic) bond motifs is 1. The molecular formula is C36H48N7NaO6. The van der Waals surface area contributed by atoms with Gasteiger partial charge in [0.05, 0.1) is 12.5 Å². The van der Waals surface area contributed by atoms with Crippen molar-refractivity contribution in [1.29, 1.82) is 0 Å². The third kappa shape index (κ3) is 11.3. The largest absolute Gasteiger partial charge is 1.00 e. The Morgan fingerprint density at radius 3 is 2.22 bits per heavy atom. The first kappa shape index (κ1) is 40.5. The van der Waals surface area contributed by atoms with E-state index in [0.29, 0.717) is 25.2 Å². The Hall–Kier alpha value is -3.94. The zero-order valence-corrected chi connectivity index (χ0v) is 31.8.